The number of anilines is 1. The predicted molar refractivity (Wildman–Crippen MR) is 72.7 cm³/mol. The van der Waals surface area contributed by atoms with Gasteiger partial charge in [-0.15, -0.1) is 0 Å². The van der Waals surface area contributed by atoms with Gasteiger partial charge >= 0.3 is 0 Å². The molecule has 0 radical (unpaired) electrons. The second-order valence-corrected chi connectivity index (χ2v) is 4.74. The van der Waals surface area contributed by atoms with Crippen LogP contribution in [-0.2, 0) is 11.8 Å². The van der Waals surface area contributed by atoms with Gasteiger partial charge in [-0.3, -0.25) is 4.68 Å². The van der Waals surface area contributed by atoms with Gasteiger partial charge in [-0.05, 0) is 13.3 Å². The van der Waals surface area contributed by atoms with Gasteiger partial charge in [0.05, 0.1) is 24.0 Å². The zero-order valence-electron chi connectivity index (χ0n) is 11.6. The Morgan fingerprint density at radius 1 is 1.63 bits per heavy atom. The molecule has 0 amide bonds. The van der Waals surface area contributed by atoms with E-state index in [0.29, 0.717) is 12.2 Å². The minimum atomic E-state index is 0.0974. The minimum absolute atomic E-state index is 0.0974. The predicted octanol–water partition coefficient (Wildman–Crippen LogP) is 0.438. The maximum Gasteiger partial charge on any atom is 0.175 e. The number of oxime groups is 1. The monoisotopic (exact) mass is 267 g/mol. The fourth-order valence-corrected chi connectivity index (χ4v) is 2.52. The molecular weight excluding hydrogens is 246 g/mol. The number of nitrogens with zero attached hydrogens (tertiary/aromatic N) is 4. The molecule has 1 aliphatic rings. The van der Waals surface area contributed by atoms with Crippen molar-refractivity contribution >= 4 is 11.7 Å². The van der Waals surface area contributed by atoms with Crippen LogP contribution in [0.1, 0.15) is 24.6 Å². The highest BCUT2D eigenvalue weighted by Crippen LogP contribution is 2.25. The molecule has 1 atom stereocenters. The van der Waals surface area contributed by atoms with Crippen molar-refractivity contribution in [3.8, 4) is 0 Å². The van der Waals surface area contributed by atoms with Crippen molar-refractivity contribution in [1.29, 1.82) is 0 Å². The Kier molecular flexibility index (Phi) is 3.94. The van der Waals surface area contributed by atoms with Crippen LogP contribution in [-0.4, -0.2) is 46.6 Å². The maximum absolute atomic E-state index is 8.93. The van der Waals surface area contributed by atoms with E-state index in [1.54, 1.807) is 4.68 Å². The van der Waals surface area contributed by atoms with Crippen molar-refractivity contribution < 1.29 is 9.94 Å². The lowest BCUT2D eigenvalue weighted by atomic mass is 10.1. The van der Waals surface area contributed by atoms with Crippen molar-refractivity contribution in [3.05, 3.63) is 11.3 Å². The van der Waals surface area contributed by atoms with Crippen LogP contribution < -0.4 is 10.6 Å². The molecule has 7 heteroatoms. The molecule has 1 fully saturated rings. The lowest BCUT2D eigenvalue weighted by molar-refractivity contribution is 0.0379. The summed E-state index contributed by atoms with van der Waals surface area (Å²) in [5.74, 6) is 0.981. The van der Waals surface area contributed by atoms with E-state index in [2.05, 4.69) is 22.1 Å². The highest BCUT2D eigenvalue weighted by Gasteiger charge is 2.26. The molecule has 1 saturated heterocycles. The van der Waals surface area contributed by atoms with Crippen LogP contribution in [0.2, 0.25) is 0 Å². The number of aryl methyl sites for hydroxylation is 2. The van der Waals surface area contributed by atoms with Gasteiger partial charge < -0.3 is 20.6 Å². The van der Waals surface area contributed by atoms with Crippen LogP contribution in [0.25, 0.3) is 0 Å². The summed E-state index contributed by atoms with van der Waals surface area (Å²) in [6.45, 7) is 6.21. The summed E-state index contributed by atoms with van der Waals surface area (Å²) in [6.07, 6.45) is 1.18. The summed E-state index contributed by atoms with van der Waals surface area (Å²) in [5.41, 5.74) is 7.22. The van der Waals surface area contributed by atoms with Gasteiger partial charge in [0.2, 0.25) is 0 Å². The normalized spacial score (nSPS) is 20.9. The lowest BCUT2D eigenvalue weighted by Crippen LogP contribution is -2.43. The number of aromatic nitrogens is 2. The van der Waals surface area contributed by atoms with E-state index in [1.807, 2.05) is 14.0 Å². The molecule has 2 heterocycles. The molecular formula is C12H21N5O2. The number of ether oxygens (including phenoxy) is 1. The van der Waals surface area contributed by atoms with Gasteiger partial charge in [-0.1, -0.05) is 12.1 Å². The number of nitrogens with two attached hydrogens (primary N) is 1. The van der Waals surface area contributed by atoms with Gasteiger partial charge in [-0.25, -0.2) is 0 Å². The van der Waals surface area contributed by atoms with Crippen molar-refractivity contribution in [2.75, 3.05) is 24.6 Å². The van der Waals surface area contributed by atoms with E-state index >= 15 is 0 Å². The molecule has 1 unspecified atom stereocenters. The quantitative estimate of drug-likeness (QED) is 0.359. The maximum atomic E-state index is 8.93. The number of amidine groups is 1. The highest BCUT2D eigenvalue weighted by molar-refractivity contribution is 6.02. The average molecular weight is 267 g/mol. The molecule has 1 aromatic rings. The number of hydrogen-bond acceptors (Lipinski definition) is 5. The Balaban J connectivity index is 2.38. The molecule has 19 heavy (non-hydrogen) atoms. The zero-order chi connectivity index (χ0) is 14.0. The first kappa shape index (κ1) is 13.7. The first-order valence-electron chi connectivity index (χ1n) is 6.46. The topological polar surface area (TPSA) is 88.9 Å². The molecule has 1 aliphatic heterocycles. The summed E-state index contributed by atoms with van der Waals surface area (Å²) in [7, 11) is 1.87. The highest BCUT2D eigenvalue weighted by atomic mass is 16.5. The van der Waals surface area contributed by atoms with Crippen molar-refractivity contribution in [2.24, 2.45) is 17.9 Å². The minimum Gasteiger partial charge on any atom is -0.409 e. The van der Waals surface area contributed by atoms with E-state index in [1.165, 1.54) is 0 Å². The molecule has 0 bridgehead atoms. The summed E-state index contributed by atoms with van der Waals surface area (Å²) >= 11 is 0. The molecule has 3 N–H and O–H groups in total. The standard InChI is InChI=1S/C12H21N5O2/c1-4-9-7-17(5-6-19-9)12-10(11(13)15-18)8(2)14-16(12)3/h9,18H,4-7H2,1-3H3,(H2,13,15). The first-order chi connectivity index (χ1) is 9.08. The van der Waals surface area contributed by atoms with Gasteiger partial charge in [0.15, 0.2) is 5.84 Å². The largest absolute Gasteiger partial charge is 0.409 e. The number of morpholine rings is 1. The van der Waals surface area contributed by atoms with Gasteiger partial charge in [0.25, 0.3) is 0 Å². The molecule has 1 aromatic heterocycles. The third-order valence-corrected chi connectivity index (χ3v) is 3.45. The second kappa shape index (κ2) is 5.48. The van der Waals surface area contributed by atoms with Crippen molar-refractivity contribution in [2.45, 2.75) is 26.4 Å². The van der Waals surface area contributed by atoms with E-state index in [9.17, 15) is 0 Å². The fraction of sp³-hybridized carbons (Fsp3) is 0.667. The molecule has 7 nitrogen and oxygen atoms in total. The van der Waals surface area contributed by atoms with Crippen LogP contribution in [0.5, 0.6) is 0 Å². The number of hydrogen-bond donors (Lipinski definition) is 2. The summed E-state index contributed by atoms with van der Waals surface area (Å²) < 4.78 is 7.45. The molecule has 0 aliphatic carbocycles. The Morgan fingerprint density at radius 2 is 2.37 bits per heavy atom. The van der Waals surface area contributed by atoms with Crippen molar-refractivity contribution in [1.82, 2.24) is 9.78 Å². The Bertz CT molecular complexity index is 483. The van der Waals surface area contributed by atoms with E-state index in [-0.39, 0.29) is 11.9 Å². The van der Waals surface area contributed by atoms with Gasteiger partial charge in [0.1, 0.15) is 5.82 Å². The third-order valence-electron chi connectivity index (χ3n) is 3.45. The summed E-state index contributed by atoms with van der Waals surface area (Å²) in [6, 6.07) is 0. The van der Waals surface area contributed by atoms with Crippen molar-refractivity contribution in [3.63, 3.8) is 0 Å². The fourth-order valence-electron chi connectivity index (χ4n) is 2.52. The van der Waals surface area contributed by atoms with Crippen LogP contribution >= 0.6 is 0 Å². The lowest BCUT2D eigenvalue weighted by Gasteiger charge is -2.34. The van der Waals surface area contributed by atoms with E-state index in [0.717, 1.165) is 31.0 Å². The van der Waals surface area contributed by atoms with Gasteiger partial charge in [0, 0.05) is 20.1 Å². The number of rotatable bonds is 3. The molecule has 0 saturated carbocycles. The average Bonchev–Trinajstić information content (AvgIpc) is 2.72. The molecule has 106 valence electrons. The smallest absolute Gasteiger partial charge is 0.175 e. The summed E-state index contributed by atoms with van der Waals surface area (Å²) in [5, 5.41) is 16.4. The molecule has 2 rings (SSSR count). The molecule has 0 aromatic carbocycles. The van der Waals surface area contributed by atoms with E-state index < -0.39 is 0 Å². The summed E-state index contributed by atoms with van der Waals surface area (Å²) in [4.78, 5) is 2.19. The van der Waals surface area contributed by atoms with Gasteiger partial charge in [-0.2, -0.15) is 5.10 Å². The van der Waals surface area contributed by atoms with Crippen LogP contribution in [0, 0.1) is 6.92 Å². The van der Waals surface area contributed by atoms with Crippen LogP contribution in [0.3, 0.4) is 0 Å². The Labute approximate surface area is 112 Å². The molecule has 0 spiro atoms. The van der Waals surface area contributed by atoms with E-state index in [4.69, 9.17) is 15.7 Å². The zero-order valence-corrected chi connectivity index (χ0v) is 11.6. The van der Waals surface area contributed by atoms with Crippen LogP contribution in [0.15, 0.2) is 5.16 Å². The SMILES string of the molecule is CCC1CN(c2c(C(N)=NO)c(C)nn2C)CCO1. The Morgan fingerprint density at radius 3 is 3.00 bits per heavy atom. The second-order valence-electron chi connectivity index (χ2n) is 4.74. The first-order valence-corrected chi connectivity index (χ1v) is 6.46. The third kappa shape index (κ3) is 2.51. The Hall–Kier alpha value is -1.76. The van der Waals surface area contributed by atoms with Crippen LogP contribution in [0.4, 0.5) is 5.82 Å².